The van der Waals surface area contributed by atoms with Crippen LogP contribution < -0.4 is 15.4 Å². The molecule has 1 rings (SSSR count). The van der Waals surface area contributed by atoms with Crippen molar-refractivity contribution in [2.45, 2.75) is 26.7 Å². The van der Waals surface area contributed by atoms with Crippen LogP contribution in [-0.2, 0) is 4.79 Å². The minimum atomic E-state index is -1.03. The van der Waals surface area contributed by atoms with E-state index in [1.54, 1.807) is 24.3 Å². The average Bonchev–Trinajstić information content (AvgIpc) is 2.42. The quantitative estimate of drug-likeness (QED) is 0.643. The largest absolute Gasteiger partial charge is 0.482 e. The van der Waals surface area contributed by atoms with Gasteiger partial charge in [-0.3, -0.25) is 0 Å². The number of urea groups is 1. The van der Waals surface area contributed by atoms with Crippen molar-refractivity contribution in [2.75, 3.05) is 18.5 Å². The summed E-state index contributed by atoms with van der Waals surface area (Å²) in [5.74, 6) is 0.0477. The van der Waals surface area contributed by atoms with Gasteiger partial charge < -0.3 is 20.5 Å². The fourth-order valence-electron chi connectivity index (χ4n) is 1.67. The topological polar surface area (TPSA) is 87.7 Å². The number of carbonyl (C=O) groups excluding carboxylic acids is 1. The van der Waals surface area contributed by atoms with Gasteiger partial charge in [0.1, 0.15) is 5.75 Å². The zero-order chi connectivity index (χ0) is 15.7. The van der Waals surface area contributed by atoms with E-state index in [4.69, 9.17) is 9.84 Å². The van der Waals surface area contributed by atoms with Gasteiger partial charge in [0.05, 0.1) is 0 Å². The second-order valence-corrected chi connectivity index (χ2v) is 5.12. The Morgan fingerprint density at radius 2 is 1.90 bits per heavy atom. The molecule has 0 aliphatic heterocycles. The van der Waals surface area contributed by atoms with Gasteiger partial charge in [0.15, 0.2) is 6.61 Å². The van der Waals surface area contributed by atoms with Crippen LogP contribution in [0.5, 0.6) is 5.75 Å². The molecule has 0 heterocycles. The first kappa shape index (κ1) is 16.8. The van der Waals surface area contributed by atoms with E-state index in [1.165, 1.54) is 0 Å². The molecule has 0 radical (unpaired) electrons. The van der Waals surface area contributed by atoms with Gasteiger partial charge in [-0.15, -0.1) is 0 Å². The van der Waals surface area contributed by atoms with Gasteiger partial charge in [0, 0.05) is 12.2 Å². The highest BCUT2D eigenvalue weighted by Crippen LogP contribution is 2.15. The Kier molecular flexibility index (Phi) is 7.08. The highest BCUT2D eigenvalue weighted by atomic mass is 16.5. The van der Waals surface area contributed by atoms with Crippen molar-refractivity contribution in [1.29, 1.82) is 0 Å². The molecule has 3 N–H and O–H groups in total. The van der Waals surface area contributed by atoms with Crippen LogP contribution in [0.4, 0.5) is 10.5 Å². The molecule has 0 aromatic heterocycles. The molecule has 0 aliphatic rings. The van der Waals surface area contributed by atoms with E-state index in [1.807, 2.05) is 0 Å². The first-order valence-corrected chi connectivity index (χ1v) is 6.97. The number of anilines is 1. The Morgan fingerprint density at radius 1 is 1.24 bits per heavy atom. The van der Waals surface area contributed by atoms with Crippen molar-refractivity contribution in [3.8, 4) is 5.75 Å². The van der Waals surface area contributed by atoms with Gasteiger partial charge in [-0.2, -0.15) is 0 Å². The monoisotopic (exact) mass is 294 g/mol. The predicted octanol–water partition coefficient (Wildman–Crippen LogP) is 2.71. The molecule has 0 spiro atoms. The summed E-state index contributed by atoms with van der Waals surface area (Å²) in [6, 6.07) is 6.28. The molecule has 0 saturated heterocycles. The SMILES string of the molecule is CC(C)CCCNC(=O)Nc1ccc(OCC(=O)O)cc1. The summed E-state index contributed by atoms with van der Waals surface area (Å²) in [6.45, 7) is 4.55. The number of carboxylic acid groups (broad SMARTS) is 1. The molecule has 116 valence electrons. The van der Waals surface area contributed by atoms with E-state index in [-0.39, 0.29) is 12.6 Å². The van der Waals surface area contributed by atoms with Crippen molar-refractivity contribution in [3.05, 3.63) is 24.3 Å². The first-order valence-electron chi connectivity index (χ1n) is 6.97. The number of hydrogen-bond donors (Lipinski definition) is 3. The van der Waals surface area contributed by atoms with Crippen LogP contribution in [0.1, 0.15) is 26.7 Å². The molecule has 0 saturated carbocycles. The number of aliphatic carboxylic acids is 1. The Bertz CT molecular complexity index is 457. The van der Waals surface area contributed by atoms with Gasteiger partial charge in [-0.05, 0) is 43.0 Å². The van der Waals surface area contributed by atoms with Crippen LogP contribution in [-0.4, -0.2) is 30.3 Å². The van der Waals surface area contributed by atoms with Gasteiger partial charge >= 0.3 is 12.0 Å². The maximum atomic E-state index is 11.6. The molecular weight excluding hydrogens is 272 g/mol. The molecule has 1 aromatic rings. The van der Waals surface area contributed by atoms with Crippen molar-refractivity contribution in [1.82, 2.24) is 5.32 Å². The molecule has 21 heavy (non-hydrogen) atoms. The van der Waals surface area contributed by atoms with Crippen molar-refractivity contribution >= 4 is 17.7 Å². The number of amides is 2. The third-order valence-electron chi connectivity index (χ3n) is 2.72. The van der Waals surface area contributed by atoms with E-state index in [0.717, 1.165) is 12.8 Å². The summed E-state index contributed by atoms with van der Waals surface area (Å²) in [7, 11) is 0. The van der Waals surface area contributed by atoms with Crippen LogP contribution in [0.25, 0.3) is 0 Å². The third-order valence-corrected chi connectivity index (χ3v) is 2.72. The zero-order valence-corrected chi connectivity index (χ0v) is 12.4. The van der Waals surface area contributed by atoms with Crippen molar-refractivity contribution in [2.24, 2.45) is 5.92 Å². The van der Waals surface area contributed by atoms with Gasteiger partial charge in [0.2, 0.25) is 0 Å². The normalized spacial score (nSPS) is 10.2. The molecule has 0 atom stereocenters. The summed E-state index contributed by atoms with van der Waals surface area (Å²) < 4.78 is 5.00. The summed E-state index contributed by atoms with van der Waals surface area (Å²) >= 11 is 0. The summed E-state index contributed by atoms with van der Waals surface area (Å²) in [4.78, 5) is 22.0. The molecule has 1 aromatic carbocycles. The molecule has 0 aliphatic carbocycles. The van der Waals surface area contributed by atoms with Crippen LogP contribution in [0.15, 0.2) is 24.3 Å². The van der Waals surface area contributed by atoms with E-state index in [9.17, 15) is 9.59 Å². The van der Waals surface area contributed by atoms with Gasteiger partial charge in [-0.25, -0.2) is 9.59 Å². The molecular formula is C15H22N2O4. The zero-order valence-electron chi connectivity index (χ0n) is 12.4. The predicted molar refractivity (Wildman–Crippen MR) is 80.7 cm³/mol. The fraction of sp³-hybridized carbons (Fsp3) is 0.467. The van der Waals surface area contributed by atoms with Crippen LogP contribution >= 0.6 is 0 Å². The third kappa shape index (κ3) is 7.81. The van der Waals surface area contributed by atoms with Crippen molar-refractivity contribution < 1.29 is 19.4 Å². The van der Waals surface area contributed by atoms with Gasteiger partial charge in [0.25, 0.3) is 0 Å². The smallest absolute Gasteiger partial charge is 0.341 e. The van der Waals surface area contributed by atoms with Crippen LogP contribution in [0.3, 0.4) is 0 Å². The lowest BCUT2D eigenvalue weighted by Crippen LogP contribution is -2.29. The number of nitrogens with one attached hydrogen (secondary N) is 2. The Hall–Kier alpha value is -2.24. The lowest BCUT2D eigenvalue weighted by molar-refractivity contribution is -0.139. The van der Waals surface area contributed by atoms with E-state index in [2.05, 4.69) is 24.5 Å². The highest BCUT2D eigenvalue weighted by Gasteiger charge is 2.03. The van der Waals surface area contributed by atoms with Crippen LogP contribution in [0.2, 0.25) is 0 Å². The summed E-state index contributed by atoms with van der Waals surface area (Å²) in [6.07, 6.45) is 2.03. The van der Waals surface area contributed by atoms with E-state index < -0.39 is 5.97 Å². The fourth-order valence-corrected chi connectivity index (χ4v) is 1.67. The summed E-state index contributed by atoms with van der Waals surface area (Å²) in [5.41, 5.74) is 0.624. The number of benzene rings is 1. The van der Waals surface area contributed by atoms with Gasteiger partial charge in [-0.1, -0.05) is 13.8 Å². The Balaban J connectivity index is 2.30. The molecule has 0 fully saturated rings. The maximum absolute atomic E-state index is 11.6. The standard InChI is InChI=1S/C15H22N2O4/c1-11(2)4-3-9-16-15(20)17-12-5-7-13(8-6-12)21-10-14(18)19/h5-8,11H,3-4,9-10H2,1-2H3,(H,18,19)(H2,16,17,20). The maximum Gasteiger partial charge on any atom is 0.341 e. The first-order chi connectivity index (χ1) is 9.97. The summed E-state index contributed by atoms with van der Waals surface area (Å²) in [5, 5.41) is 14.0. The lowest BCUT2D eigenvalue weighted by atomic mass is 10.1. The number of rotatable bonds is 8. The molecule has 2 amide bonds. The van der Waals surface area contributed by atoms with Crippen molar-refractivity contribution in [3.63, 3.8) is 0 Å². The molecule has 0 unspecified atom stereocenters. The Morgan fingerprint density at radius 3 is 2.48 bits per heavy atom. The number of hydrogen-bond acceptors (Lipinski definition) is 3. The minimum absolute atomic E-state index is 0.252. The second-order valence-electron chi connectivity index (χ2n) is 5.12. The van der Waals surface area contributed by atoms with Crippen LogP contribution in [0, 0.1) is 5.92 Å². The molecule has 6 nitrogen and oxygen atoms in total. The highest BCUT2D eigenvalue weighted by molar-refractivity contribution is 5.89. The Labute approximate surface area is 124 Å². The second kappa shape index (κ2) is 8.84. The molecule has 0 bridgehead atoms. The molecule has 6 heteroatoms. The minimum Gasteiger partial charge on any atom is -0.482 e. The average molecular weight is 294 g/mol. The van der Waals surface area contributed by atoms with E-state index in [0.29, 0.717) is 23.9 Å². The number of carbonyl (C=O) groups is 2. The lowest BCUT2D eigenvalue weighted by Gasteiger charge is -2.09. The number of carboxylic acids is 1. The van der Waals surface area contributed by atoms with E-state index >= 15 is 0 Å². The number of ether oxygens (including phenoxy) is 1.